The van der Waals surface area contributed by atoms with E-state index in [4.69, 9.17) is 4.74 Å². The van der Waals surface area contributed by atoms with E-state index in [9.17, 15) is 14.9 Å². The first-order valence-electron chi connectivity index (χ1n) is 11.1. The number of hydrogen-bond acceptors (Lipinski definition) is 6. The Hall–Kier alpha value is -3.31. The van der Waals surface area contributed by atoms with E-state index in [0.29, 0.717) is 50.8 Å². The van der Waals surface area contributed by atoms with Crippen LogP contribution in [-0.2, 0) is 16.1 Å². The van der Waals surface area contributed by atoms with Gasteiger partial charge in [0.1, 0.15) is 11.6 Å². The highest BCUT2D eigenvalue weighted by Gasteiger charge is 2.29. The summed E-state index contributed by atoms with van der Waals surface area (Å²) in [6.07, 6.45) is 3.43. The number of aromatic nitrogens is 1. The number of benzene rings is 1. The Morgan fingerprint density at radius 2 is 1.94 bits per heavy atom. The number of carbonyl (C=O) groups excluding carboxylic acids is 1. The molecule has 0 N–H and O–H groups in total. The van der Waals surface area contributed by atoms with Gasteiger partial charge in [-0.2, -0.15) is 5.26 Å². The minimum absolute atomic E-state index is 0.0798. The van der Waals surface area contributed by atoms with E-state index in [2.05, 4.69) is 15.9 Å². The fourth-order valence-electron chi connectivity index (χ4n) is 4.44. The SMILES string of the molecule is CN(C)CCCn1c(=O)c(C#N)c(N2CCN(C(=O)C3=CCCO3)CC2)c2ccccc21. The second-order valence-corrected chi connectivity index (χ2v) is 8.45. The molecule has 1 saturated heterocycles. The van der Waals surface area contributed by atoms with Crippen LogP contribution >= 0.6 is 0 Å². The third-order valence-corrected chi connectivity index (χ3v) is 6.04. The van der Waals surface area contributed by atoms with Crippen molar-refractivity contribution < 1.29 is 9.53 Å². The van der Waals surface area contributed by atoms with Crippen LogP contribution in [0.5, 0.6) is 0 Å². The lowest BCUT2D eigenvalue weighted by atomic mass is 10.1. The van der Waals surface area contributed by atoms with E-state index >= 15 is 0 Å². The summed E-state index contributed by atoms with van der Waals surface area (Å²) in [4.78, 5) is 31.9. The van der Waals surface area contributed by atoms with Gasteiger partial charge < -0.3 is 24.0 Å². The quantitative estimate of drug-likeness (QED) is 0.688. The molecule has 1 aromatic carbocycles. The van der Waals surface area contributed by atoms with Gasteiger partial charge in [0.15, 0.2) is 5.76 Å². The van der Waals surface area contributed by atoms with Gasteiger partial charge in [-0.3, -0.25) is 9.59 Å². The fourth-order valence-corrected chi connectivity index (χ4v) is 4.44. The first-order valence-corrected chi connectivity index (χ1v) is 11.1. The number of hydrogen-bond donors (Lipinski definition) is 0. The van der Waals surface area contributed by atoms with E-state index in [1.54, 1.807) is 9.47 Å². The van der Waals surface area contributed by atoms with Crippen molar-refractivity contribution in [1.82, 2.24) is 14.4 Å². The summed E-state index contributed by atoms with van der Waals surface area (Å²) in [5, 5.41) is 10.8. The van der Waals surface area contributed by atoms with Crippen LogP contribution < -0.4 is 10.5 Å². The zero-order chi connectivity index (χ0) is 22.7. The molecule has 0 spiro atoms. The standard InChI is InChI=1S/C24H29N5O3/c1-26(2)10-6-11-29-20-8-4-3-7-18(20)22(19(17-25)23(29)30)27-12-14-28(15-13-27)24(31)21-9-5-16-32-21/h3-4,7-9H,5-6,10-16H2,1-2H3. The van der Waals surface area contributed by atoms with Crippen molar-refractivity contribution in [1.29, 1.82) is 5.26 Å². The smallest absolute Gasteiger partial charge is 0.288 e. The van der Waals surface area contributed by atoms with Gasteiger partial charge in [0.05, 0.1) is 17.8 Å². The molecule has 8 nitrogen and oxygen atoms in total. The summed E-state index contributed by atoms with van der Waals surface area (Å²) in [5.74, 6) is 0.353. The van der Waals surface area contributed by atoms with Gasteiger partial charge in [0, 0.05) is 44.5 Å². The molecule has 1 fully saturated rings. The van der Waals surface area contributed by atoms with Crippen molar-refractivity contribution in [3.05, 3.63) is 52.0 Å². The lowest BCUT2D eigenvalue weighted by Gasteiger charge is -2.37. The summed E-state index contributed by atoms with van der Waals surface area (Å²) in [6.45, 7) is 4.13. The predicted molar refractivity (Wildman–Crippen MR) is 124 cm³/mol. The molecular weight excluding hydrogens is 406 g/mol. The number of para-hydroxylation sites is 1. The van der Waals surface area contributed by atoms with Gasteiger partial charge in [0.2, 0.25) is 0 Å². The Morgan fingerprint density at radius 1 is 1.19 bits per heavy atom. The molecule has 1 amide bonds. The summed E-state index contributed by atoms with van der Waals surface area (Å²) < 4.78 is 7.14. The molecule has 168 valence electrons. The summed E-state index contributed by atoms with van der Waals surface area (Å²) in [6, 6.07) is 9.95. The van der Waals surface area contributed by atoms with Gasteiger partial charge in [-0.1, -0.05) is 18.2 Å². The van der Waals surface area contributed by atoms with E-state index in [-0.39, 0.29) is 17.0 Å². The third-order valence-electron chi connectivity index (χ3n) is 6.04. The number of piperazine rings is 1. The third kappa shape index (κ3) is 4.21. The summed E-state index contributed by atoms with van der Waals surface area (Å²) in [7, 11) is 4.01. The zero-order valence-electron chi connectivity index (χ0n) is 18.7. The number of ether oxygens (including phenoxy) is 1. The van der Waals surface area contributed by atoms with Crippen molar-refractivity contribution in [2.75, 3.05) is 58.3 Å². The zero-order valence-corrected chi connectivity index (χ0v) is 18.7. The molecular formula is C24H29N5O3. The number of pyridine rings is 1. The Balaban J connectivity index is 1.64. The van der Waals surface area contributed by atoms with Crippen molar-refractivity contribution in [3.8, 4) is 6.07 Å². The van der Waals surface area contributed by atoms with Crippen molar-refractivity contribution >= 4 is 22.5 Å². The Kier molecular flexibility index (Phi) is 6.47. The molecule has 8 heteroatoms. The first kappa shape index (κ1) is 21.9. The van der Waals surface area contributed by atoms with Gasteiger partial charge >= 0.3 is 0 Å². The fraction of sp³-hybridized carbons (Fsp3) is 0.458. The van der Waals surface area contributed by atoms with Crippen LogP contribution in [0.1, 0.15) is 18.4 Å². The van der Waals surface area contributed by atoms with E-state index in [1.165, 1.54) is 0 Å². The molecule has 0 saturated carbocycles. The van der Waals surface area contributed by atoms with Crippen LogP contribution in [-0.4, -0.2) is 73.7 Å². The van der Waals surface area contributed by atoms with Gasteiger partial charge in [-0.05, 0) is 39.2 Å². The van der Waals surface area contributed by atoms with Crippen molar-refractivity contribution in [3.63, 3.8) is 0 Å². The number of anilines is 1. The molecule has 0 unspecified atom stereocenters. The monoisotopic (exact) mass is 435 g/mol. The largest absolute Gasteiger partial charge is 0.488 e. The average Bonchev–Trinajstić information content (AvgIpc) is 3.34. The molecule has 0 radical (unpaired) electrons. The summed E-state index contributed by atoms with van der Waals surface area (Å²) >= 11 is 0. The van der Waals surface area contributed by atoms with Gasteiger partial charge in [-0.25, -0.2) is 0 Å². The number of carbonyl (C=O) groups is 1. The lowest BCUT2D eigenvalue weighted by molar-refractivity contribution is -0.130. The maximum atomic E-state index is 13.3. The van der Waals surface area contributed by atoms with Crippen LogP contribution in [0.4, 0.5) is 5.69 Å². The number of nitrogens with zero attached hydrogens (tertiary/aromatic N) is 5. The lowest BCUT2D eigenvalue weighted by Crippen LogP contribution is -2.50. The second kappa shape index (κ2) is 9.45. The number of amides is 1. The molecule has 0 atom stereocenters. The van der Waals surface area contributed by atoms with Gasteiger partial charge in [0.25, 0.3) is 11.5 Å². The Labute approximate surface area is 187 Å². The Morgan fingerprint density at radius 3 is 2.59 bits per heavy atom. The van der Waals surface area contributed by atoms with Crippen LogP contribution in [0, 0.1) is 11.3 Å². The van der Waals surface area contributed by atoms with Crippen LogP contribution in [0.25, 0.3) is 10.9 Å². The topological polar surface area (TPSA) is 81.8 Å². The molecule has 2 aromatic rings. The van der Waals surface area contributed by atoms with Crippen molar-refractivity contribution in [2.45, 2.75) is 19.4 Å². The molecule has 4 rings (SSSR count). The van der Waals surface area contributed by atoms with Crippen LogP contribution in [0.2, 0.25) is 0 Å². The highest BCUT2D eigenvalue weighted by atomic mass is 16.5. The summed E-state index contributed by atoms with van der Waals surface area (Å²) in [5.41, 5.74) is 1.45. The van der Waals surface area contributed by atoms with Crippen LogP contribution in [0.15, 0.2) is 40.9 Å². The van der Waals surface area contributed by atoms with E-state index in [1.807, 2.05) is 44.4 Å². The molecule has 3 heterocycles. The Bertz CT molecular complexity index is 1140. The van der Waals surface area contributed by atoms with Crippen molar-refractivity contribution in [2.24, 2.45) is 0 Å². The first-order chi connectivity index (χ1) is 15.5. The molecule has 32 heavy (non-hydrogen) atoms. The molecule has 2 aliphatic rings. The highest BCUT2D eigenvalue weighted by molar-refractivity contribution is 5.95. The number of fused-ring (bicyclic) bond motifs is 1. The van der Waals surface area contributed by atoms with E-state index < -0.39 is 0 Å². The normalized spacial score (nSPS) is 16.2. The molecule has 0 bridgehead atoms. The predicted octanol–water partition coefficient (Wildman–Crippen LogP) is 1.78. The number of aryl methyl sites for hydroxylation is 1. The second-order valence-electron chi connectivity index (χ2n) is 8.45. The van der Waals surface area contributed by atoms with E-state index in [0.717, 1.165) is 30.3 Å². The minimum atomic E-state index is -0.247. The maximum Gasteiger partial charge on any atom is 0.288 e. The average molecular weight is 436 g/mol. The van der Waals surface area contributed by atoms with Gasteiger partial charge in [-0.15, -0.1) is 0 Å². The molecule has 0 aliphatic carbocycles. The minimum Gasteiger partial charge on any atom is -0.488 e. The highest BCUT2D eigenvalue weighted by Crippen LogP contribution is 2.30. The maximum absolute atomic E-state index is 13.3. The number of nitriles is 1. The number of rotatable bonds is 6. The molecule has 1 aromatic heterocycles. The molecule has 2 aliphatic heterocycles. The van der Waals surface area contributed by atoms with Crippen LogP contribution in [0.3, 0.4) is 0 Å².